The van der Waals surface area contributed by atoms with Gasteiger partial charge in [-0.3, -0.25) is 0 Å². The van der Waals surface area contributed by atoms with Gasteiger partial charge in [0.2, 0.25) is 0 Å². The molecule has 18 heavy (non-hydrogen) atoms. The second kappa shape index (κ2) is 4.92. The van der Waals surface area contributed by atoms with E-state index in [1.165, 1.54) is 16.7 Å². The van der Waals surface area contributed by atoms with E-state index in [-0.39, 0.29) is 18.7 Å². The van der Waals surface area contributed by atoms with Crippen molar-refractivity contribution in [3.63, 3.8) is 0 Å². The maximum Gasteiger partial charge on any atom is 0.0588 e. The molecule has 1 aliphatic heterocycles. The summed E-state index contributed by atoms with van der Waals surface area (Å²) in [7, 11) is 0. The number of fused-ring (bicyclic) bond motifs is 1. The fraction of sp³-hybridized carbons (Fsp3) is 0.250. The number of rotatable bonds is 2. The van der Waals surface area contributed by atoms with E-state index >= 15 is 0 Å². The maximum atomic E-state index is 9.42. The van der Waals surface area contributed by atoms with Gasteiger partial charge < -0.3 is 10.4 Å². The normalized spacial score (nSPS) is 22.5. The summed E-state index contributed by atoms with van der Waals surface area (Å²) in [6, 6.07) is 19.2. The number of benzene rings is 2. The molecule has 0 radical (unpaired) electrons. The van der Waals surface area contributed by atoms with Crippen LogP contribution in [0.4, 0.5) is 0 Å². The quantitative estimate of drug-likeness (QED) is 0.842. The van der Waals surface area contributed by atoms with E-state index in [0.29, 0.717) is 0 Å². The van der Waals surface area contributed by atoms with Crippen molar-refractivity contribution >= 4 is 0 Å². The molecular weight excluding hydrogens is 222 g/mol. The predicted octanol–water partition coefficient (Wildman–Crippen LogP) is 2.28. The van der Waals surface area contributed by atoms with Crippen molar-refractivity contribution in [3.05, 3.63) is 71.3 Å². The number of hydrogen-bond acceptors (Lipinski definition) is 2. The average Bonchev–Trinajstić information content (AvgIpc) is 2.47. The molecule has 0 saturated heterocycles. The monoisotopic (exact) mass is 239 g/mol. The van der Waals surface area contributed by atoms with E-state index < -0.39 is 0 Å². The van der Waals surface area contributed by atoms with Gasteiger partial charge in [-0.1, -0.05) is 54.6 Å². The van der Waals surface area contributed by atoms with Gasteiger partial charge in [0.05, 0.1) is 12.6 Å². The Morgan fingerprint density at radius 1 is 1.00 bits per heavy atom. The highest BCUT2D eigenvalue weighted by molar-refractivity contribution is 5.40. The molecule has 0 aromatic heterocycles. The summed E-state index contributed by atoms with van der Waals surface area (Å²) in [6.45, 7) is 0.178. The van der Waals surface area contributed by atoms with Crippen molar-refractivity contribution in [2.45, 2.75) is 18.5 Å². The molecule has 0 fully saturated rings. The van der Waals surface area contributed by atoms with Gasteiger partial charge >= 0.3 is 0 Å². The molecule has 1 heterocycles. The van der Waals surface area contributed by atoms with Crippen LogP contribution < -0.4 is 5.32 Å². The SMILES string of the molecule is OC[C@@H]1Cc2ccccc2[C@@H](c2ccccc2)N1. The molecule has 0 spiro atoms. The molecule has 0 amide bonds. The van der Waals surface area contributed by atoms with Crippen LogP contribution in [0.15, 0.2) is 54.6 Å². The van der Waals surface area contributed by atoms with Gasteiger partial charge in [0.1, 0.15) is 0 Å². The van der Waals surface area contributed by atoms with Gasteiger partial charge in [-0.2, -0.15) is 0 Å². The number of hydrogen-bond donors (Lipinski definition) is 2. The highest BCUT2D eigenvalue weighted by Crippen LogP contribution is 2.30. The molecule has 3 rings (SSSR count). The molecule has 2 atom stereocenters. The lowest BCUT2D eigenvalue weighted by atomic mass is 9.87. The van der Waals surface area contributed by atoms with Crippen molar-refractivity contribution in [1.82, 2.24) is 5.32 Å². The van der Waals surface area contributed by atoms with E-state index in [0.717, 1.165) is 6.42 Å². The van der Waals surface area contributed by atoms with Crippen LogP contribution in [0.5, 0.6) is 0 Å². The zero-order chi connectivity index (χ0) is 12.4. The summed E-state index contributed by atoms with van der Waals surface area (Å²) in [4.78, 5) is 0. The zero-order valence-electron chi connectivity index (χ0n) is 10.2. The van der Waals surface area contributed by atoms with E-state index in [1.54, 1.807) is 0 Å². The molecule has 0 bridgehead atoms. The fourth-order valence-corrected chi connectivity index (χ4v) is 2.69. The van der Waals surface area contributed by atoms with Crippen molar-refractivity contribution in [2.75, 3.05) is 6.61 Å². The Morgan fingerprint density at radius 3 is 2.50 bits per heavy atom. The summed E-state index contributed by atoms with van der Waals surface area (Å²) in [5, 5.41) is 12.9. The summed E-state index contributed by atoms with van der Waals surface area (Å²) in [5.41, 5.74) is 3.92. The first-order chi connectivity index (χ1) is 8.88. The van der Waals surface area contributed by atoms with Gasteiger partial charge in [-0.05, 0) is 23.1 Å². The number of nitrogens with one attached hydrogen (secondary N) is 1. The second-order valence-corrected chi connectivity index (χ2v) is 4.79. The van der Waals surface area contributed by atoms with Gasteiger partial charge in [-0.25, -0.2) is 0 Å². The molecule has 0 saturated carbocycles. The molecule has 0 aliphatic carbocycles. The van der Waals surface area contributed by atoms with E-state index in [9.17, 15) is 5.11 Å². The molecule has 2 N–H and O–H groups in total. The second-order valence-electron chi connectivity index (χ2n) is 4.79. The van der Waals surface area contributed by atoms with Crippen LogP contribution in [-0.4, -0.2) is 17.8 Å². The molecular formula is C16H17NO. The third kappa shape index (κ3) is 2.05. The topological polar surface area (TPSA) is 32.3 Å². The van der Waals surface area contributed by atoms with Gasteiger partial charge in [0, 0.05) is 6.04 Å². The van der Waals surface area contributed by atoms with Crippen LogP contribution in [0.3, 0.4) is 0 Å². The molecule has 92 valence electrons. The van der Waals surface area contributed by atoms with Crippen molar-refractivity contribution in [1.29, 1.82) is 0 Å². The van der Waals surface area contributed by atoms with Crippen LogP contribution in [0.2, 0.25) is 0 Å². The minimum Gasteiger partial charge on any atom is -0.395 e. The highest BCUT2D eigenvalue weighted by Gasteiger charge is 2.26. The fourth-order valence-electron chi connectivity index (χ4n) is 2.69. The first kappa shape index (κ1) is 11.5. The third-order valence-electron chi connectivity index (χ3n) is 3.59. The molecule has 1 aliphatic rings. The summed E-state index contributed by atoms with van der Waals surface area (Å²) in [6.07, 6.45) is 0.899. The molecule has 0 unspecified atom stereocenters. The minimum atomic E-state index is 0.144. The zero-order valence-corrected chi connectivity index (χ0v) is 10.2. The Bertz CT molecular complexity index is 524. The van der Waals surface area contributed by atoms with Gasteiger partial charge in [0.25, 0.3) is 0 Å². The smallest absolute Gasteiger partial charge is 0.0588 e. The van der Waals surface area contributed by atoms with Crippen LogP contribution in [0.25, 0.3) is 0 Å². The Morgan fingerprint density at radius 2 is 1.72 bits per heavy atom. The van der Waals surface area contributed by atoms with Gasteiger partial charge in [0.15, 0.2) is 0 Å². The maximum absolute atomic E-state index is 9.42. The summed E-state index contributed by atoms with van der Waals surface area (Å²) in [5.74, 6) is 0. The Balaban J connectivity index is 2.04. The Labute approximate surface area is 107 Å². The van der Waals surface area contributed by atoms with Crippen LogP contribution in [0, 0.1) is 0 Å². The summed E-state index contributed by atoms with van der Waals surface area (Å²) >= 11 is 0. The minimum absolute atomic E-state index is 0.144. The van der Waals surface area contributed by atoms with Crippen LogP contribution >= 0.6 is 0 Å². The predicted molar refractivity (Wildman–Crippen MR) is 72.4 cm³/mol. The molecule has 2 aromatic carbocycles. The first-order valence-corrected chi connectivity index (χ1v) is 6.38. The number of aliphatic hydroxyl groups excluding tert-OH is 1. The van der Waals surface area contributed by atoms with Crippen LogP contribution in [-0.2, 0) is 6.42 Å². The number of aliphatic hydroxyl groups is 1. The van der Waals surface area contributed by atoms with Gasteiger partial charge in [-0.15, -0.1) is 0 Å². The lowest BCUT2D eigenvalue weighted by Crippen LogP contribution is -2.42. The average molecular weight is 239 g/mol. The largest absolute Gasteiger partial charge is 0.395 e. The summed E-state index contributed by atoms with van der Waals surface area (Å²) < 4.78 is 0. The van der Waals surface area contributed by atoms with Crippen molar-refractivity contribution < 1.29 is 5.11 Å². The van der Waals surface area contributed by atoms with E-state index in [1.807, 2.05) is 6.07 Å². The highest BCUT2D eigenvalue weighted by atomic mass is 16.3. The molecule has 2 aromatic rings. The van der Waals surface area contributed by atoms with Crippen molar-refractivity contribution in [2.24, 2.45) is 0 Å². The lowest BCUT2D eigenvalue weighted by molar-refractivity contribution is 0.229. The first-order valence-electron chi connectivity index (χ1n) is 6.38. The van der Waals surface area contributed by atoms with Crippen molar-refractivity contribution in [3.8, 4) is 0 Å². The Hall–Kier alpha value is -1.64. The standard InChI is InChI=1S/C16H17NO/c18-11-14-10-13-8-4-5-9-15(13)16(17-14)12-6-2-1-3-7-12/h1-9,14,16-18H,10-11H2/t14-,16+/m0/s1. The van der Waals surface area contributed by atoms with E-state index in [4.69, 9.17) is 0 Å². The Kier molecular flexibility index (Phi) is 3.13. The van der Waals surface area contributed by atoms with E-state index in [2.05, 4.69) is 53.8 Å². The lowest BCUT2D eigenvalue weighted by Gasteiger charge is -2.32. The third-order valence-corrected chi connectivity index (χ3v) is 3.59. The molecule has 2 heteroatoms. The molecule has 2 nitrogen and oxygen atoms in total. The van der Waals surface area contributed by atoms with Crippen LogP contribution in [0.1, 0.15) is 22.7 Å².